The van der Waals surface area contributed by atoms with Crippen LogP contribution in [0.3, 0.4) is 0 Å². The van der Waals surface area contributed by atoms with E-state index in [1.54, 1.807) is 19.2 Å². The van der Waals surface area contributed by atoms with E-state index in [0.717, 1.165) is 17.4 Å². The first kappa shape index (κ1) is 18.0. The molecule has 0 fully saturated rings. The van der Waals surface area contributed by atoms with Gasteiger partial charge in [-0.25, -0.2) is 8.42 Å². The highest BCUT2D eigenvalue weighted by Crippen LogP contribution is 2.19. The molecule has 0 bridgehead atoms. The number of benzene rings is 2. The van der Waals surface area contributed by atoms with Crippen LogP contribution in [0.2, 0.25) is 0 Å². The molecule has 5 nitrogen and oxygen atoms in total. The van der Waals surface area contributed by atoms with E-state index in [0.29, 0.717) is 11.4 Å². The number of sulfone groups is 1. The minimum absolute atomic E-state index is 0.0904. The van der Waals surface area contributed by atoms with Crippen LogP contribution in [0.15, 0.2) is 47.4 Å². The van der Waals surface area contributed by atoms with Gasteiger partial charge in [0.25, 0.3) is 5.91 Å². The van der Waals surface area contributed by atoms with Gasteiger partial charge in [-0.15, -0.1) is 0 Å². The molecule has 0 aliphatic heterocycles. The molecule has 0 radical (unpaired) electrons. The van der Waals surface area contributed by atoms with Crippen LogP contribution in [0, 0.1) is 13.8 Å². The number of nitrogens with zero attached hydrogens (tertiary/aromatic N) is 1. The van der Waals surface area contributed by atoms with Gasteiger partial charge in [-0.2, -0.15) is 0 Å². The first-order valence-electron chi connectivity index (χ1n) is 7.45. The molecule has 1 amide bonds. The van der Waals surface area contributed by atoms with Crippen molar-refractivity contribution in [1.82, 2.24) is 0 Å². The van der Waals surface area contributed by atoms with E-state index >= 15 is 0 Å². The van der Waals surface area contributed by atoms with E-state index in [2.05, 4.69) is 0 Å². The summed E-state index contributed by atoms with van der Waals surface area (Å²) in [4.78, 5) is 13.9. The van der Waals surface area contributed by atoms with Crippen LogP contribution in [0.25, 0.3) is 0 Å². The van der Waals surface area contributed by atoms with Crippen LogP contribution >= 0.6 is 0 Å². The fraction of sp³-hybridized carbons (Fsp3) is 0.278. The van der Waals surface area contributed by atoms with Crippen LogP contribution < -0.4 is 9.64 Å². The molecule has 0 aromatic heterocycles. The van der Waals surface area contributed by atoms with Gasteiger partial charge < -0.3 is 9.64 Å². The fourth-order valence-electron chi connectivity index (χ4n) is 2.11. The summed E-state index contributed by atoms with van der Waals surface area (Å²) in [6.07, 6.45) is 1.15. The van der Waals surface area contributed by atoms with Crippen molar-refractivity contribution in [2.45, 2.75) is 18.7 Å². The lowest BCUT2D eigenvalue weighted by atomic mass is 10.1. The maximum atomic E-state index is 12.2. The Labute approximate surface area is 142 Å². The molecule has 2 rings (SSSR count). The molecule has 0 aliphatic carbocycles. The SMILES string of the molecule is Cc1ccc(OCC(=O)N(C)c2ccc(S(C)(=O)=O)cc2)cc1C. The van der Waals surface area contributed by atoms with Gasteiger partial charge in [0.15, 0.2) is 16.4 Å². The molecule has 0 N–H and O–H groups in total. The number of rotatable bonds is 5. The summed E-state index contributed by atoms with van der Waals surface area (Å²) in [5, 5.41) is 0. The predicted molar refractivity (Wildman–Crippen MR) is 94.4 cm³/mol. The van der Waals surface area contributed by atoms with Gasteiger partial charge in [-0.1, -0.05) is 6.07 Å². The highest BCUT2D eigenvalue weighted by Gasteiger charge is 2.13. The van der Waals surface area contributed by atoms with Gasteiger partial charge in [0.2, 0.25) is 0 Å². The summed E-state index contributed by atoms with van der Waals surface area (Å²) >= 11 is 0. The highest BCUT2D eigenvalue weighted by molar-refractivity contribution is 7.90. The molecular weight excluding hydrogens is 326 g/mol. The molecule has 0 unspecified atom stereocenters. The lowest BCUT2D eigenvalue weighted by molar-refractivity contribution is -0.120. The van der Waals surface area contributed by atoms with Gasteiger partial charge >= 0.3 is 0 Å². The fourth-order valence-corrected chi connectivity index (χ4v) is 2.74. The smallest absolute Gasteiger partial charge is 0.264 e. The molecule has 6 heteroatoms. The third-order valence-electron chi connectivity index (χ3n) is 3.87. The lowest BCUT2D eigenvalue weighted by Gasteiger charge is -2.18. The number of aryl methyl sites for hydroxylation is 2. The molecule has 0 heterocycles. The second-order valence-electron chi connectivity index (χ2n) is 5.75. The summed E-state index contributed by atoms with van der Waals surface area (Å²) in [6, 6.07) is 11.8. The van der Waals surface area contributed by atoms with Crippen molar-refractivity contribution in [2.75, 3.05) is 24.8 Å². The Morgan fingerprint density at radius 1 is 1.04 bits per heavy atom. The molecular formula is C18H21NO4S. The van der Waals surface area contributed by atoms with Gasteiger partial charge in [-0.3, -0.25) is 4.79 Å². The van der Waals surface area contributed by atoms with Crippen molar-refractivity contribution in [3.05, 3.63) is 53.6 Å². The molecule has 24 heavy (non-hydrogen) atoms. The van der Waals surface area contributed by atoms with Crippen LogP contribution in [0.1, 0.15) is 11.1 Å². The normalized spacial score (nSPS) is 11.2. The van der Waals surface area contributed by atoms with Crippen molar-refractivity contribution in [2.24, 2.45) is 0 Å². The highest BCUT2D eigenvalue weighted by atomic mass is 32.2. The van der Waals surface area contributed by atoms with Crippen molar-refractivity contribution in [1.29, 1.82) is 0 Å². The van der Waals surface area contributed by atoms with Gasteiger partial charge in [0, 0.05) is 19.0 Å². The van der Waals surface area contributed by atoms with E-state index in [1.165, 1.54) is 17.0 Å². The summed E-state index contributed by atoms with van der Waals surface area (Å²) in [6.45, 7) is 3.91. The molecule has 2 aromatic carbocycles. The number of carbonyl (C=O) groups excluding carboxylic acids is 1. The Hall–Kier alpha value is -2.34. The second kappa shape index (κ2) is 7.05. The third-order valence-corrected chi connectivity index (χ3v) is 5.00. The van der Waals surface area contributed by atoms with E-state index in [4.69, 9.17) is 4.74 Å². The summed E-state index contributed by atoms with van der Waals surface area (Å²) in [5.41, 5.74) is 2.87. The maximum absolute atomic E-state index is 12.2. The third kappa shape index (κ3) is 4.35. The summed E-state index contributed by atoms with van der Waals surface area (Å²) < 4.78 is 28.5. The molecule has 0 aliphatic rings. The molecule has 0 saturated heterocycles. The van der Waals surface area contributed by atoms with Gasteiger partial charge in [-0.05, 0) is 61.4 Å². The van der Waals surface area contributed by atoms with E-state index in [9.17, 15) is 13.2 Å². The standard InChI is InChI=1S/C18H21NO4S/c1-13-5-8-16(11-14(13)2)23-12-18(20)19(3)15-6-9-17(10-7-15)24(4,21)22/h5-11H,12H2,1-4H3. The van der Waals surface area contributed by atoms with Crippen molar-refractivity contribution in [3.63, 3.8) is 0 Å². The minimum Gasteiger partial charge on any atom is -0.484 e. The predicted octanol–water partition coefficient (Wildman–Crippen LogP) is 2.75. The topological polar surface area (TPSA) is 63.7 Å². The van der Waals surface area contributed by atoms with E-state index in [1.807, 2.05) is 32.0 Å². The van der Waals surface area contributed by atoms with Crippen molar-refractivity contribution in [3.8, 4) is 5.75 Å². The lowest BCUT2D eigenvalue weighted by Crippen LogP contribution is -2.31. The summed E-state index contributed by atoms with van der Waals surface area (Å²) in [5.74, 6) is 0.424. The second-order valence-corrected chi connectivity index (χ2v) is 7.77. The molecule has 2 aromatic rings. The average Bonchev–Trinajstić information content (AvgIpc) is 2.54. The Balaban J connectivity index is 2.02. The Morgan fingerprint density at radius 3 is 2.21 bits per heavy atom. The number of likely N-dealkylation sites (N-methyl/N-ethyl adjacent to an activating group) is 1. The van der Waals surface area contributed by atoms with Gasteiger partial charge in [0.05, 0.1) is 4.90 Å². The number of carbonyl (C=O) groups is 1. The Bertz CT molecular complexity index is 842. The van der Waals surface area contributed by atoms with Crippen LogP contribution in [-0.4, -0.2) is 34.2 Å². The average molecular weight is 347 g/mol. The first-order chi connectivity index (χ1) is 11.2. The van der Waals surface area contributed by atoms with Crippen LogP contribution in [0.5, 0.6) is 5.75 Å². The quantitative estimate of drug-likeness (QED) is 0.834. The van der Waals surface area contributed by atoms with Crippen LogP contribution in [-0.2, 0) is 14.6 Å². The number of hydrogen-bond acceptors (Lipinski definition) is 4. The Morgan fingerprint density at radius 2 is 1.67 bits per heavy atom. The monoisotopic (exact) mass is 347 g/mol. The van der Waals surface area contributed by atoms with E-state index < -0.39 is 9.84 Å². The van der Waals surface area contributed by atoms with Crippen LogP contribution in [0.4, 0.5) is 5.69 Å². The number of amides is 1. The molecule has 0 atom stereocenters. The zero-order chi connectivity index (χ0) is 17.9. The number of anilines is 1. The molecule has 0 saturated carbocycles. The Kier molecular flexibility index (Phi) is 5.29. The number of hydrogen-bond donors (Lipinski definition) is 0. The van der Waals surface area contributed by atoms with Gasteiger partial charge in [0.1, 0.15) is 5.75 Å². The number of ether oxygens (including phenoxy) is 1. The largest absolute Gasteiger partial charge is 0.484 e. The molecule has 0 spiro atoms. The van der Waals surface area contributed by atoms with E-state index in [-0.39, 0.29) is 17.4 Å². The first-order valence-corrected chi connectivity index (χ1v) is 9.34. The van der Waals surface area contributed by atoms with Crippen molar-refractivity contribution >= 4 is 21.4 Å². The zero-order valence-electron chi connectivity index (χ0n) is 14.2. The molecule has 128 valence electrons. The van der Waals surface area contributed by atoms with Crippen molar-refractivity contribution < 1.29 is 17.9 Å². The zero-order valence-corrected chi connectivity index (χ0v) is 15.1. The maximum Gasteiger partial charge on any atom is 0.264 e. The summed E-state index contributed by atoms with van der Waals surface area (Å²) in [7, 11) is -1.62. The minimum atomic E-state index is -3.25.